The minimum atomic E-state index is -0.266. The maximum absolute atomic E-state index is 9.78. The molecule has 3 atom stereocenters. The fraction of sp³-hybridized carbons (Fsp3) is 1.00. The predicted molar refractivity (Wildman–Crippen MR) is 58.9 cm³/mol. The fourth-order valence-corrected chi connectivity index (χ4v) is 1.90. The summed E-state index contributed by atoms with van der Waals surface area (Å²) >= 11 is 0. The summed E-state index contributed by atoms with van der Waals surface area (Å²) < 4.78 is 10.7. The van der Waals surface area contributed by atoms with Crippen LogP contribution in [0.3, 0.4) is 0 Å². The zero-order valence-corrected chi connectivity index (χ0v) is 10.1. The van der Waals surface area contributed by atoms with Gasteiger partial charge in [0.1, 0.15) is 0 Å². The Balaban J connectivity index is 2.40. The van der Waals surface area contributed by atoms with Crippen LogP contribution in [0.2, 0.25) is 0 Å². The van der Waals surface area contributed by atoms with E-state index in [4.69, 9.17) is 9.47 Å². The van der Waals surface area contributed by atoms with Crippen molar-refractivity contribution >= 4 is 0 Å². The first-order chi connectivity index (χ1) is 7.08. The van der Waals surface area contributed by atoms with Gasteiger partial charge in [-0.25, -0.2) is 0 Å². The highest BCUT2D eigenvalue weighted by atomic mass is 16.5. The predicted octanol–water partition coefficient (Wildman–Crippen LogP) is 0.349. The van der Waals surface area contributed by atoms with Gasteiger partial charge in [-0.1, -0.05) is 13.8 Å². The van der Waals surface area contributed by atoms with Crippen molar-refractivity contribution in [1.29, 1.82) is 0 Å². The largest absolute Gasteiger partial charge is 0.392 e. The molecule has 90 valence electrons. The van der Waals surface area contributed by atoms with Crippen molar-refractivity contribution in [3.8, 4) is 0 Å². The number of β-amino-alcohol motifs (C(OH)–C–C–N with tert-alkyl or cyclic N) is 1. The van der Waals surface area contributed by atoms with E-state index < -0.39 is 0 Å². The molecule has 15 heavy (non-hydrogen) atoms. The monoisotopic (exact) mass is 217 g/mol. The van der Waals surface area contributed by atoms with Crippen molar-refractivity contribution in [3.05, 3.63) is 0 Å². The molecule has 0 radical (unpaired) electrons. The highest BCUT2D eigenvalue weighted by Crippen LogP contribution is 2.17. The van der Waals surface area contributed by atoms with E-state index in [-0.39, 0.29) is 18.3 Å². The lowest BCUT2D eigenvalue weighted by atomic mass is 10.1. The van der Waals surface area contributed by atoms with Gasteiger partial charge in [0.05, 0.1) is 18.3 Å². The van der Waals surface area contributed by atoms with Crippen molar-refractivity contribution in [2.45, 2.75) is 32.2 Å². The molecule has 0 amide bonds. The van der Waals surface area contributed by atoms with E-state index in [0.29, 0.717) is 12.5 Å². The molecule has 1 aliphatic rings. The van der Waals surface area contributed by atoms with E-state index in [1.165, 1.54) is 0 Å². The molecule has 0 aliphatic carbocycles. The first kappa shape index (κ1) is 12.9. The standard InChI is InChI=1S/C11H23NO3/c1-8(2)9(13)5-12-6-10(14-3)11(7-12)15-4/h8-11,13H,5-7H2,1-4H3. The van der Waals surface area contributed by atoms with Gasteiger partial charge in [-0.3, -0.25) is 4.90 Å². The van der Waals surface area contributed by atoms with Gasteiger partial charge in [0.2, 0.25) is 0 Å². The van der Waals surface area contributed by atoms with Crippen molar-refractivity contribution in [1.82, 2.24) is 4.90 Å². The number of methoxy groups -OCH3 is 2. The molecule has 1 saturated heterocycles. The van der Waals surface area contributed by atoms with E-state index in [1.54, 1.807) is 14.2 Å². The average Bonchev–Trinajstić information content (AvgIpc) is 2.59. The molecule has 1 fully saturated rings. The molecule has 1 heterocycles. The number of hydrogen-bond donors (Lipinski definition) is 1. The Morgan fingerprint density at radius 3 is 2.00 bits per heavy atom. The van der Waals surface area contributed by atoms with Crippen LogP contribution in [0.4, 0.5) is 0 Å². The molecule has 0 aromatic rings. The van der Waals surface area contributed by atoms with Gasteiger partial charge < -0.3 is 14.6 Å². The molecule has 3 unspecified atom stereocenters. The Bertz CT molecular complexity index is 175. The summed E-state index contributed by atoms with van der Waals surface area (Å²) in [7, 11) is 3.41. The smallest absolute Gasteiger partial charge is 0.0971 e. The summed E-state index contributed by atoms with van der Waals surface area (Å²) in [5.74, 6) is 0.299. The maximum Gasteiger partial charge on any atom is 0.0971 e. The minimum Gasteiger partial charge on any atom is -0.392 e. The van der Waals surface area contributed by atoms with Crippen molar-refractivity contribution in [3.63, 3.8) is 0 Å². The lowest BCUT2D eigenvalue weighted by molar-refractivity contribution is -0.00461. The van der Waals surface area contributed by atoms with Crippen LogP contribution < -0.4 is 0 Å². The molecule has 0 saturated carbocycles. The van der Waals surface area contributed by atoms with Crippen LogP contribution in [0.1, 0.15) is 13.8 Å². The van der Waals surface area contributed by atoms with Gasteiger partial charge in [-0.15, -0.1) is 0 Å². The molecule has 0 spiro atoms. The van der Waals surface area contributed by atoms with E-state index in [0.717, 1.165) is 13.1 Å². The molecule has 1 rings (SSSR count). The molecular weight excluding hydrogens is 194 g/mol. The van der Waals surface area contributed by atoms with Crippen molar-refractivity contribution in [2.24, 2.45) is 5.92 Å². The van der Waals surface area contributed by atoms with E-state index in [9.17, 15) is 5.11 Å². The van der Waals surface area contributed by atoms with Gasteiger partial charge in [0.25, 0.3) is 0 Å². The van der Waals surface area contributed by atoms with Crippen molar-refractivity contribution in [2.75, 3.05) is 33.9 Å². The van der Waals surface area contributed by atoms with Gasteiger partial charge in [-0.2, -0.15) is 0 Å². The molecule has 1 aliphatic heterocycles. The van der Waals surface area contributed by atoms with Crippen LogP contribution in [0.5, 0.6) is 0 Å². The Hall–Kier alpha value is -0.160. The number of likely N-dealkylation sites (tertiary alicyclic amines) is 1. The van der Waals surface area contributed by atoms with Gasteiger partial charge in [-0.05, 0) is 5.92 Å². The molecular formula is C11H23NO3. The summed E-state index contributed by atoms with van der Waals surface area (Å²) in [5.41, 5.74) is 0. The normalized spacial score (nSPS) is 30.0. The van der Waals surface area contributed by atoms with Crippen LogP contribution in [-0.2, 0) is 9.47 Å². The Morgan fingerprint density at radius 2 is 1.67 bits per heavy atom. The van der Waals surface area contributed by atoms with Gasteiger partial charge in [0.15, 0.2) is 0 Å². The van der Waals surface area contributed by atoms with E-state index in [2.05, 4.69) is 4.90 Å². The van der Waals surface area contributed by atoms with E-state index in [1.807, 2.05) is 13.8 Å². The third kappa shape index (κ3) is 3.41. The van der Waals surface area contributed by atoms with E-state index >= 15 is 0 Å². The number of rotatable bonds is 5. The first-order valence-electron chi connectivity index (χ1n) is 5.54. The zero-order valence-electron chi connectivity index (χ0n) is 10.1. The molecule has 4 nitrogen and oxygen atoms in total. The van der Waals surface area contributed by atoms with Gasteiger partial charge in [0, 0.05) is 33.9 Å². The Morgan fingerprint density at radius 1 is 1.20 bits per heavy atom. The summed E-state index contributed by atoms with van der Waals surface area (Å²) in [6.07, 6.45) is 0.00170. The van der Waals surface area contributed by atoms with Crippen LogP contribution in [0, 0.1) is 5.92 Å². The summed E-state index contributed by atoms with van der Waals surface area (Å²) in [4.78, 5) is 2.20. The minimum absolute atomic E-state index is 0.134. The van der Waals surface area contributed by atoms with Crippen LogP contribution in [0.25, 0.3) is 0 Å². The Labute approximate surface area is 92.2 Å². The summed E-state index contributed by atoms with van der Waals surface area (Å²) in [6.45, 7) is 6.46. The second kappa shape index (κ2) is 5.80. The number of aliphatic hydroxyl groups excluding tert-OH is 1. The third-order valence-corrected chi connectivity index (χ3v) is 3.11. The van der Waals surface area contributed by atoms with Crippen LogP contribution in [0.15, 0.2) is 0 Å². The molecule has 0 bridgehead atoms. The third-order valence-electron chi connectivity index (χ3n) is 3.11. The lowest BCUT2D eigenvalue weighted by Crippen LogP contribution is -2.34. The quantitative estimate of drug-likeness (QED) is 0.721. The highest BCUT2D eigenvalue weighted by molar-refractivity contribution is 4.86. The summed E-state index contributed by atoms with van der Waals surface area (Å²) in [5, 5.41) is 9.78. The Kier molecular flexibility index (Phi) is 4.99. The second-order valence-corrected chi connectivity index (χ2v) is 4.58. The SMILES string of the molecule is COC1CN(CC(O)C(C)C)CC1OC. The number of ether oxygens (including phenoxy) is 2. The lowest BCUT2D eigenvalue weighted by Gasteiger charge is -2.21. The topological polar surface area (TPSA) is 41.9 Å². The average molecular weight is 217 g/mol. The molecule has 0 aromatic heterocycles. The maximum atomic E-state index is 9.78. The number of hydrogen-bond acceptors (Lipinski definition) is 4. The fourth-order valence-electron chi connectivity index (χ4n) is 1.90. The molecule has 1 N–H and O–H groups in total. The molecule has 4 heteroatoms. The summed E-state index contributed by atoms with van der Waals surface area (Å²) in [6, 6.07) is 0. The molecule has 0 aromatic carbocycles. The van der Waals surface area contributed by atoms with Crippen LogP contribution in [-0.4, -0.2) is 62.2 Å². The number of aliphatic hydroxyl groups is 1. The van der Waals surface area contributed by atoms with Crippen molar-refractivity contribution < 1.29 is 14.6 Å². The van der Waals surface area contributed by atoms with Gasteiger partial charge >= 0.3 is 0 Å². The van der Waals surface area contributed by atoms with Crippen LogP contribution >= 0.6 is 0 Å². The second-order valence-electron chi connectivity index (χ2n) is 4.58. The zero-order chi connectivity index (χ0) is 11.4. The first-order valence-corrected chi connectivity index (χ1v) is 5.54. The number of nitrogens with zero attached hydrogens (tertiary/aromatic N) is 1. The highest BCUT2D eigenvalue weighted by Gasteiger charge is 2.33.